The van der Waals surface area contributed by atoms with E-state index < -0.39 is 12.0 Å². The van der Waals surface area contributed by atoms with E-state index in [0.717, 1.165) is 11.1 Å². The second-order valence-corrected chi connectivity index (χ2v) is 7.64. The molecule has 1 aromatic carbocycles. The van der Waals surface area contributed by atoms with Crippen molar-refractivity contribution in [2.75, 3.05) is 14.2 Å². The fraction of sp³-hybridized carbons (Fsp3) is 0.182. The number of allylic oxidation sites excluding steroid dienone is 1. The Morgan fingerprint density at radius 2 is 1.97 bits per heavy atom. The summed E-state index contributed by atoms with van der Waals surface area (Å²) < 4.78 is 12.3. The molecule has 1 aliphatic heterocycles. The summed E-state index contributed by atoms with van der Waals surface area (Å²) in [4.78, 5) is 35.1. The quantitative estimate of drug-likeness (QED) is 0.600. The van der Waals surface area contributed by atoms with E-state index in [1.807, 2.05) is 24.3 Å². The van der Waals surface area contributed by atoms with Crippen LogP contribution >= 0.6 is 11.3 Å². The highest BCUT2D eigenvalue weighted by molar-refractivity contribution is 7.07. The van der Waals surface area contributed by atoms with Gasteiger partial charge in [-0.15, -0.1) is 0 Å². The van der Waals surface area contributed by atoms with Crippen molar-refractivity contribution in [3.8, 4) is 5.75 Å². The number of carbonyl (C=O) groups is 1. The van der Waals surface area contributed by atoms with Crippen LogP contribution in [0, 0.1) is 0 Å². The van der Waals surface area contributed by atoms with E-state index in [0.29, 0.717) is 26.4 Å². The highest BCUT2D eigenvalue weighted by Gasteiger charge is 2.33. The summed E-state index contributed by atoms with van der Waals surface area (Å²) in [5.41, 5.74) is 2.21. The first kappa shape index (κ1) is 19.8. The zero-order valence-electron chi connectivity index (χ0n) is 16.7. The maximum absolute atomic E-state index is 13.4. The smallest absolute Gasteiger partial charge is 0.338 e. The van der Waals surface area contributed by atoms with Crippen LogP contribution in [0.4, 0.5) is 0 Å². The average Bonchev–Trinajstić information content (AvgIpc) is 3.07. The minimum absolute atomic E-state index is 0.225. The topological polar surface area (TPSA) is 82.8 Å². The maximum atomic E-state index is 13.4. The molecular weight excluding hydrogens is 402 g/mol. The number of esters is 1. The number of carbonyl (C=O) groups excluding carboxylic acids is 1. The van der Waals surface area contributed by atoms with Gasteiger partial charge < -0.3 is 9.47 Å². The van der Waals surface area contributed by atoms with Crippen LogP contribution in [0.15, 0.2) is 69.8 Å². The molecule has 152 valence electrons. The van der Waals surface area contributed by atoms with Gasteiger partial charge in [0, 0.05) is 12.4 Å². The summed E-state index contributed by atoms with van der Waals surface area (Å²) >= 11 is 1.28. The molecule has 1 atom stereocenters. The van der Waals surface area contributed by atoms with Gasteiger partial charge in [-0.2, -0.15) is 0 Å². The van der Waals surface area contributed by atoms with E-state index in [9.17, 15) is 9.59 Å². The molecule has 3 heterocycles. The van der Waals surface area contributed by atoms with E-state index in [1.54, 1.807) is 49.2 Å². The minimum atomic E-state index is -0.643. The first-order chi connectivity index (χ1) is 14.5. The molecule has 2 aromatic heterocycles. The van der Waals surface area contributed by atoms with Crippen LogP contribution in [-0.2, 0) is 9.53 Å². The van der Waals surface area contributed by atoms with Gasteiger partial charge in [0.15, 0.2) is 4.80 Å². The number of thiazole rings is 1. The molecule has 3 aromatic rings. The van der Waals surface area contributed by atoms with E-state index in [1.165, 1.54) is 18.4 Å². The van der Waals surface area contributed by atoms with Gasteiger partial charge in [0.05, 0.1) is 36.1 Å². The first-order valence-electron chi connectivity index (χ1n) is 9.18. The standard InChI is InChI=1S/C22H19N3O4S/c1-13-18(21(27)29-3)19(15-6-8-16(28-2)9-7-15)25-20(26)17(30-22(25)24-13)11-14-5-4-10-23-12-14/h4-12,19H,1-3H3/b17-11-/t19-/m0/s1. The lowest BCUT2D eigenvalue weighted by Crippen LogP contribution is -2.39. The number of ether oxygens (including phenoxy) is 2. The number of rotatable bonds is 4. The number of hydrogen-bond acceptors (Lipinski definition) is 7. The van der Waals surface area contributed by atoms with Gasteiger partial charge in [-0.05, 0) is 42.3 Å². The number of aromatic nitrogens is 2. The molecule has 0 N–H and O–H groups in total. The van der Waals surface area contributed by atoms with Crippen molar-refractivity contribution in [3.63, 3.8) is 0 Å². The Kier molecular flexibility index (Phi) is 5.33. The molecule has 7 nitrogen and oxygen atoms in total. The number of methoxy groups -OCH3 is 2. The summed E-state index contributed by atoms with van der Waals surface area (Å²) in [5.74, 6) is 0.168. The fourth-order valence-corrected chi connectivity index (χ4v) is 4.45. The Balaban J connectivity index is 1.96. The molecule has 8 heteroatoms. The van der Waals surface area contributed by atoms with Gasteiger partial charge in [0.2, 0.25) is 0 Å². The van der Waals surface area contributed by atoms with Gasteiger partial charge in [-0.1, -0.05) is 29.5 Å². The fourth-order valence-electron chi connectivity index (χ4n) is 3.41. The second kappa shape index (κ2) is 8.08. The van der Waals surface area contributed by atoms with Crippen molar-refractivity contribution in [2.24, 2.45) is 4.99 Å². The molecule has 0 aliphatic carbocycles. The van der Waals surface area contributed by atoms with E-state index in [4.69, 9.17) is 9.47 Å². The van der Waals surface area contributed by atoms with Crippen LogP contribution in [0.3, 0.4) is 0 Å². The van der Waals surface area contributed by atoms with E-state index in [-0.39, 0.29) is 5.56 Å². The SMILES string of the molecule is COC(=O)C1=C(C)N=c2s/c(=C\c3cccnc3)c(=O)n2[C@H]1c1ccc(OC)cc1. The van der Waals surface area contributed by atoms with Crippen LogP contribution in [0.25, 0.3) is 6.08 Å². The van der Waals surface area contributed by atoms with E-state index >= 15 is 0 Å². The monoisotopic (exact) mass is 421 g/mol. The number of benzene rings is 1. The zero-order valence-corrected chi connectivity index (χ0v) is 17.5. The highest BCUT2D eigenvalue weighted by Crippen LogP contribution is 2.31. The summed E-state index contributed by atoms with van der Waals surface area (Å²) in [6, 6.07) is 10.3. The summed E-state index contributed by atoms with van der Waals surface area (Å²) in [5, 5.41) is 0. The predicted octanol–water partition coefficient (Wildman–Crippen LogP) is 1.81. The largest absolute Gasteiger partial charge is 0.497 e. The number of hydrogen-bond donors (Lipinski definition) is 0. The normalized spacial score (nSPS) is 16.1. The van der Waals surface area contributed by atoms with Crippen molar-refractivity contribution >= 4 is 23.4 Å². The Morgan fingerprint density at radius 3 is 2.60 bits per heavy atom. The highest BCUT2D eigenvalue weighted by atomic mass is 32.1. The van der Waals surface area contributed by atoms with Crippen LogP contribution in [0.5, 0.6) is 5.75 Å². The molecule has 30 heavy (non-hydrogen) atoms. The summed E-state index contributed by atoms with van der Waals surface area (Å²) in [6.07, 6.45) is 5.14. The molecule has 0 unspecified atom stereocenters. The van der Waals surface area contributed by atoms with Gasteiger partial charge in [0.25, 0.3) is 5.56 Å². The lowest BCUT2D eigenvalue weighted by Gasteiger charge is -2.24. The first-order valence-corrected chi connectivity index (χ1v) is 10.00. The van der Waals surface area contributed by atoms with Crippen LogP contribution in [0.1, 0.15) is 24.1 Å². The summed E-state index contributed by atoms with van der Waals surface area (Å²) in [6.45, 7) is 1.75. The molecule has 0 spiro atoms. The Labute approximate surface area is 176 Å². The molecule has 0 bridgehead atoms. The molecule has 0 fully saturated rings. The van der Waals surface area contributed by atoms with Crippen LogP contribution < -0.4 is 19.6 Å². The molecule has 0 radical (unpaired) electrons. The van der Waals surface area contributed by atoms with Gasteiger partial charge in [0.1, 0.15) is 5.75 Å². The number of nitrogens with zero attached hydrogens (tertiary/aromatic N) is 3. The average molecular weight is 421 g/mol. The van der Waals surface area contributed by atoms with E-state index in [2.05, 4.69) is 9.98 Å². The summed E-state index contributed by atoms with van der Waals surface area (Å²) in [7, 11) is 2.90. The molecule has 1 aliphatic rings. The van der Waals surface area contributed by atoms with Crippen molar-refractivity contribution < 1.29 is 14.3 Å². The molecule has 0 amide bonds. The Bertz CT molecular complexity index is 1310. The lowest BCUT2D eigenvalue weighted by molar-refractivity contribution is -0.136. The van der Waals surface area contributed by atoms with Crippen molar-refractivity contribution in [3.05, 3.63) is 90.9 Å². The molecular formula is C22H19N3O4S. The van der Waals surface area contributed by atoms with Crippen molar-refractivity contribution in [2.45, 2.75) is 13.0 Å². The zero-order chi connectivity index (χ0) is 21.3. The third-order valence-electron chi connectivity index (χ3n) is 4.84. The maximum Gasteiger partial charge on any atom is 0.338 e. The van der Waals surface area contributed by atoms with Gasteiger partial charge in [-0.25, -0.2) is 9.79 Å². The second-order valence-electron chi connectivity index (χ2n) is 6.63. The lowest BCUT2D eigenvalue weighted by atomic mass is 9.96. The van der Waals surface area contributed by atoms with Crippen molar-refractivity contribution in [1.82, 2.24) is 9.55 Å². The number of pyridine rings is 1. The molecule has 0 saturated heterocycles. The Hall–Kier alpha value is -3.52. The Morgan fingerprint density at radius 1 is 1.20 bits per heavy atom. The third kappa shape index (κ3) is 3.46. The molecule has 0 saturated carbocycles. The van der Waals surface area contributed by atoms with Crippen LogP contribution in [0.2, 0.25) is 0 Å². The predicted molar refractivity (Wildman–Crippen MR) is 113 cm³/mol. The van der Waals surface area contributed by atoms with Crippen LogP contribution in [-0.4, -0.2) is 29.7 Å². The van der Waals surface area contributed by atoms with Gasteiger partial charge in [-0.3, -0.25) is 14.3 Å². The molecule has 4 rings (SSSR count). The third-order valence-corrected chi connectivity index (χ3v) is 5.82. The van der Waals surface area contributed by atoms with Crippen molar-refractivity contribution in [1.29, 1.82) is 0 Å². The minimum Gasteiger partial charge on any atom is -0.497 e. The van der Waals surface area contributed by atoms with Gasteiger partial charge >= 0.3 is 5.97 Å². The number of fused-ring (bicyclic) bond motifs is 1.